The smallest absolute Gasteiger partial charge is 0.143 e. The SMILES string of the molecule is CCCCCCCc1c2nc(c(-c3nccn3C)c3ccc([nH]3)c(CCCCCCC)c3nc(c(-c4cc(OCCCCCCCCCCS)cc(OCCCCCCCCCCS)c4)c4ccc1[nH]4)C=C3)C=C2. The van der Waals surface area contributed by atoms with Gasteiger partial charge in [0.1, 0.15) is 17.3 Å². The minimum Gasteiger partial charge on any atom is -0.493 e. The number of nitrogens with one attached hydrogen (secondary N) is 2. The number of aromatic nitrogens is 6. The van der Waals surface area contributed by atoms with E-state index in [2.05, 4.69) is 127 Å². The van der Waals surface area contributed by atoms with E-state index in [1.807, 2.05) is 12.4 Å². The summed E-state index contributed by atoms with van der Waals surface area (Å²) in [6, 6.07) is 15.5. The zero-order valence-corrected chi connectivity index (χ0v) is 47.4. The summed E-state index contributed by atoms with van der Waals surface area (Å²) in [6.07, 6.45) is 46.3. The largest absolute Gasteiger partial charge is 0.493 e. The number of rotatable bonds is 36. The fourth-order valence-electron chi connectivity index (χ4n) is 10.6. The second-order valence-corrected chi connectivity index (χ2v) is 21.8. The molecular formula is C64H90N6O2S2. The molecule has 0 fully saturated rings. The van der Waals surface area contributed by atoms with Crippen LogP contribution in [-0.4, -0.2) is 54.2 Å². The van der Waals surface area contributed by atoms with Crippen molar-refractivity contribution in [2.24, 2.45) is 7.05 Å². The molecule has 7 rings (SSSR count). The highest BCUT2D eigenvalue weighted by atomic mass is 32.1. The molecule has 0 saturated heterocycles. The Hall–Kier alpha value is -4.67. The van der Waals surface area contributed by atoms with Gasteiger partial charge in [-0.05, 0) is 129 Å². The highest BCUT2D eigenvalue weighted by molar-refractivity contribution is 7.80. The zero-order chi connectivity index (χ0) is 51.6. The molecule has 0 aliphatic carbocycles. The maximum absolute atomic E-state index is 6.69. The molecule has 2 aliphatic rings. The van der Waals surface area contributed by atoms with Gasteiger partial charge in [-0.15, -0.1) is 0 Å². The molecule has 0 unspecified atom stereocenters. The third-order valence-electron chi connectivity index (χ3n) is 14.9. The molecule has 74 heavy (non-hydrogen) atoms. The quantitative estimate of drug-likeness (QED) is 0.0232. The van der Waals surface area contributed by atoms with E-state index in [-0.39, 0.29) is 0 Å². The maximum atomic E-state index is 6.69. The predicted octanol–water partition coefficient (Wildman–Crippen LogP) is 18.6. The van der Waals surface area contributed by atoms with Gasteiger partial charge in [0.15, 0.2) is 0 Å². The molecule has 0 amide bonds. The van der Waals surface area contributed by atoms with E-state index in [1.54, 1.807) is 0 Å². The summed E-state index contributed by atoms with van der Waals surface area (Å²) in [6.45, 7) is 5.92. The van der Waals surface area contributed by atoms with Gasteiger partial charge >= 0.3 is 0 Å². The molecule has 2 aliphatic heterocycles. The molecule has 5 aromatic rings. The Morgan fingerprint density at radius 3 is 1.32 bits per heavy atom. The number of hydrogen-bond acceptors (Lipinski definition) is 7. The molecule has 400 valence electrons. The number of unbranched alkanes of at least 4 members (excludes halogenated alkanes) is 22. The van der Waals surface area contributed by atoms with Gasteiger partial charge in [-0.1, -0.05) is 142 Å². The van der Waals surface area contributed by atoms with Gasteiger partial charge in [0, 0.05) is 58.7 Å². The summed E-state index contributed by atoms with van der Waals surface area (Å²) < 4.78 is 15.5. The Morgan fingerprint density at radius 2 is 0.865 bits per heavy atom. The van der Waals surface area contributed by atoms with Gasteiger partial charge in [0.2, 0.25) is 0 Å². The van der Waals surface area contributed by atoms with Crippen molar-refractivity contribution in [3.8, 4) is 34.0 Å². The minimum absolute atomic E-state index is 0.677. The fraction of sp³-hybridized carbons (Fsp3) is 0.547. The molecule has 10 heteroatoms. The molecule has 0 saturated carbocycles. The second kappa shape index (κ2) is 32.0. The fourth-order valence-corrected chi connectivity index (χ4v) is 11.1. The molecule has 0 spiro atoms. The van der Waals surface area contributed by atoms with Crippen LogP contribution in [0.5, 0.6) is 11.5 Å². The Balaban J connectivity index is 1.33. The van der Waals surface area contributed by atoms with Crippen LogP contribution in [0.25, 0.3) is 68.9 Å². The minimum atomic E-state index is 0.677. The van der Waals surface area contributed by atoms with Crippen LogP contribution in [0.4, 0.5) is 0 Å². The number of H-pyrrole nitrogens is 2. The monoisotopic (exact) mass is 1040 g/mol. The number of nitrogens with zero attached hydrogens (tertiary/aromatic N) is 4. The topological polar surface area (TPSA) is 93.6 Å². The average Bonchev–Trinajstić information content (AvgIpc) is 4.29. The number of benzene rings is 1. The van der Waals surface area contributed by atoms with Gasteiger partial charge in [-0.25, -0.2) is 15.0 Å². The maximum Gasteiger partial charge on any atom is 0.143 e. The number of fused-ring (bicyclic) bond motifs is 8. The van der Waals surface area contributed by atoms with Gasteiger partial charge in [-0.3, -0.25) is 0 Å². The molecule has 0 atom stereocenters. The van der Waals surface area contributed by atoms with Crippen LogP contribution in [0.1, 0.15) is 215 Å². The summed E-state index contributed by atoms with van der Waals surface area (Å²) >= 11 is 8.78. The standard InChI is InChI=1S/C64H90N6O2S2/c1-4-6-8-18-24-30-52-54-32-36-58(66-54)62(49-46-50(71-42-26-20-14-10-12-16-22-28-44-73)48-51(47-49)72-43-27-21-15-11-13-17-23-29-45-74)59-37-33-55(67-59)53(31-25-19-9-7-5-2)57-35-39-61(69-57)63(60-38-34-56(52)68-60)64-65-40-41-70(64)3/h32-41,46-48,66,69,73-74H,4-31,42-45H2,1-3H3. The zero-order valence-electron chi connectivity index (χ0n) is 45.6. The molecule has 8 nitrogen and oxygen atoms in total. The van der Waals surface area contributed by atoms with E-state index < -0.39 is 0 Å². The number of hydrogen-bond donors (Lipinski definition) is 4. The Morgan fingerprint density at radius 1 is 0.459 bits per heavy atom. The van der Waals surface area contributed by atoms with E-state index >= 15 is 0 Å². The van der Waals surface area contributed by atoms with Crippen LogP contribution >= 0.6 is 25.3 Å². The van der Waals surface area contributed by atoms with Gasteiger partial charge in [0.05, 0.1) is 47.1 Å². The van der Waals surface area contributed by atoms with Crippen molar-refractivity contribution in [1.82, 2.24) is 29.5 Å². The Kier molecular flexibility index (Phi) is 24.7. The predicted molar refractivity (Wildman–Crippen MR) is 324 cm³/mol. The molecule has 0 radical (unpaired) electrons. The van der Waals surface area contributed by atoms with Crippen LogP contribution in [0, 0.1) is 0 Å². The molecule has 1 aromatic carbocycles. The first-order valence-corrected chi connectivity index (χ1v) is 30.5. The lowest BCUT2D eigenvalue weighted by atomic mass is 10.0. The van der Waals surface area contributed by atoms with Gasteiger partial charge in [-0.2, -0.15) is 25.3 Å². The van der Waals surface area contributed by atoms with Crippen LogP contribution in [0.3, 0.4) is 0 Å². The first-order valence-electron chi connectivity index (χ1n) is 29.3. The first kappa shape index (κ1) is 57.0. The molecule has 2 N–H and O–H groups in total. The van der Waals surface area contributed by atoms with E-state index in [0.29, 0.717) is 13.2 Å². The van der Waals surface area contributed by atoms with Crippen LogP contribution in [0.2, 0.25) is 0 Å². The highest BCUT2D eigenvalue weighted by Crippen LogP contribution is 2.38. The van der Waals surface area contributed by atoms with E-state index in [4.69, 9.17) is 24.4 Å². The third kappa shape index (κ3) is 17.2. The van der Waals surface area contributed by atoms with Crippen LogP contribution in [0.15, 0.2) is 54.9 Å². The molecule has 4 aromatic heterocycles. The molecule has 6 heterocycles. The Labute approximate surface area is 456 Å². The lowest BCUT2D eigenvalue weighted by Gasteiger charge is -2.14. The number of aromatic amines is 2. The summed E-state index contributed by atoms with van der Waals surface area (Å²) in [5.74, 6) is 4.55. The number of aryl methyl sites for hydroxylation is 3. The van der Waals surface area contributed by atoms with Crippen molar-refractivity contribution < 1.29 is 9.47 Å². The van der Waals surface area contributed by atoms with E-state index in [0.717, 1.165) is 129 Å². The van der Waals surface area contributed by atoms with E-state index in [1.165, 1.54) is 152 Å². The summed E-state index contributed by atoms with van der Waals surface area (Å²) in [7, 11) is 2.07. The average molecular weight is 1040 g/mol. The van der Waals surface area contributed by atoms with E-state index in [9.17, 15) is 0 Å². The van der Waals surface area contributed by atoms with Crippen molar-refractivity contribution in [2.45, 2.75) is 194 Å². The lowest BCUT2D eigenvalue weighted by Crippen LogP contribution is -2.01. The number of ether oxygens (including phenoxy) is 2. The van der Waals surface area contributed by atoms with Crippen molar-refractivity contribution >= 4 is 71.6 Å². The van der Waals surface area contributed by atoms with Gasteiger partial charge in [0.25, 0.3) is 0 Å². The van der Waals surface area contributed by atoms with Gasteiger partial charge < -0.3 is 24.0 Å². The first-order chi connectivity index (χ1) is 36.5. The Bertz CT molecular complexity index is 2640. The highest BCUT2D eigenvalue weighted by Gasteiger charge is 2.20. The second-order valence-electron chi connectivity index (χ2n) is 20.9. The van der Waals surface area contributed by atoms with Crippen molar-refractivity contribution in [2.75, 3.05) is 24.7 Å². The summed E-state index contributed by atoms with van der Waals surface area (Å²) in [4.78, 5) is 23.9. The van der Waals surface area contributed by atoms with Crippen molar-refractivity contribution in [1.29, 1.82) is 0 Å². The number of imidazole rings is 1. The van der Waals surface area contributed by atoms with Crippen LogP contribution < -0.4 is 9.47 Å². The molecule has 8 bridgehead atoms. The third-order valence-corrected chi connectivity index (χ3v) is 15.5. The van der Waals surface area contributed by atoms with Crippen LogP contribution in [-0.2, 0) is 19.9 Å². The van der Waals surface area contributed by atoms with Crippen molar-refractivity contribution in [3.05, 3.63) is 88.8 Å². The number of thiol groups is 2. The van der Waals surface area contributed by atoms with Crippen molar-refractivity contribution in [3.63, 3.8) is 0 Å². The summed E-state index contributed by atoms with van der Waals surface area (Å²) in [5.41, 5.74) is 13.5. The lowest BCUT2D eigenvalue weighted by molar-refractivity contribution is 0.290. The normalized spacial score (nSPS) is 12.1. The molecular weight excluding hydrogens is 949 g/mol. The summed E-state index contributed by atoms with van der Waals surface area (Å²) in [5, 5.41) is 0.